The average Bonchev–Trinajstić information content (AvgIpc) is 2.30. The van der Waals surface area contributed by atoms with E-state index in [1.807, 2.05) is 0 Å². The number of unbranched alkanes of at least 4 members (excludes halogenated alkanes) is 6. The zero-order chi connectivity index (χ0) is 12.9. The smallest absolute Gasteiger partial charge is 0.217 e. The maximum atomic E-state index is 11.3. The number of hydrogen-bond acceptors (Lipinski definition) is 3. The molecule has 0 heterocycles. The Morgan fingerprint density at radius 1 is 0.765 bits per heavy atom. The van der Waals surface area contributed by atoms with Crippen molar-refractivity contribution in [2.24, 2.45) is 5.73 Å². The summed E-state index contributed by atoms with van der Waals surface area (Å²) in [5.74, 6) is 0.760. The van der Waals surface area contributed by atoms with Gasteiger partial charge in [0.05, 0.1) is 0 Å². The van der Waals surface area contributed by atoms with Crippen LogP contribution < -0.4 is 5.73 Å². The molecule has 2 N–H and O–H groups in total. The molecule has 3 nitrogen and oxygen atoms in total. The third-order valence-electron chi connectivity index (χ3n) is 2.76. The summed E-state index contributed by atoms with van der Waals surface area (Å²) >= 11 is 4.17. The van der Waals surface area contributed by atoms with Gasteiger partial charge in [-0.3, -0.25) is 9.59 Å². The van der Waals surface area contributed by atoms with Crippen LogP contribution in [0.25, 0.3) is 0 Å². The van der Waals surface area contributed by atoms with Crippen molar-refractivity contribution in [2.75, 3.05) is 5.75 Å². The van der Waals surface area contributed by atoms with Crippen LogP contribution >= 0.6 is 12.6 Å². The second kappa shape index (κ2) is 12.0. The van der Waals surface area contributed by atoms with Crippen LogP contribution in [-0.2, 0) is 9.59 Å². The van der Waals surface area contributed by atoms with E-state index >= 15 is 0 Å². The Bertz CT molecular complexity index is 219. The fraction of sp³-hybridized carbons (Fsp3) is 0.846. The largest absolute Gasteiger partial charge is 0.370 e. The molecular formula is C13H25NO2S. The van der Waals surface area contributed by atoms with Crippen LogP contribution in [0.3, 0.4) is 0 Å². The van der Waals surface area contributed by atoms with Crippen LogP contribution in [0.1, 0.15) is 64.2 Å². The summed E-state index contributed by atoms with van der Waals surface area (Å²) in [6, 6.07) is 0. The van der Waals surface area contributed by atoms with Crippen molar-refractivity contribution < 1.29 is 9.59 Å². The van der Waals surface area contributed by atoms with E-state index < -0.39 is 0 Å². The number of ketones is 1. The molecule has 0 radical (unpaired) electrons. The molecule has 1 amide bonds. The van der Waals surface area contributed by atoms with Crippen LogP contribution in [0.4, 0.5) is 0 Å². The molecule has 0 unspecified atom stereocenters. The maximum absolute atomic E-state index is 11.3. The van der Waals surface area contributed by atoms with Gasteiger partial charge in [-0.15, -0.1) is 0 Å². The molecule has 0 aromatic heterocycles. The lowest BCUT2D eigenvalue weighted by Crippen LogP contribution is -2.12. The second-order valence-electron chi connectivity index (χ2n) is 4.45. The number of hydrogen-bond donors (Lipinski definition) is 2. The second-order valence-corrected chi connectivity index (χ2v) is 4.90. The summed E-state index contributed by atoms with van der Waals surface area (Å²) in [6.45, 7) is 0. The third-order valence-corrected chi connectivity index (χ3v) is 3.08. The molecule has 0 rings (SSSR count). The third kappa shape index (κ3) is 13.4. The topological polar surface area (TPSA) is 60.2 Å². The molecular weight excluding hydrogens is 234 g/mol. The Kier molecular flexibility index (Phi) is 11.6. The highest BCUT2D eigenvalue weighted by Crippen LogP contribution is 2.10. The number of carbonyl (C=O) groups is 2. The number of Topliss-reactive ketones (excluding diaryl/α,β-unsaturated/α-hetero) is 1. The van der Waals surface area contributed by atoms with Gasteiger partial charge in [0.1, 0.15) is 5.78 Å². The highest BCUT2D eigenvalue weighted by molar-refractivity contribution is 7.80. The molecule has 0 fully saturated rings. The van der Waals surface area contributed by atoms with Crippen molar-refractivity contribution >= 4 is 24.3 Å². The van der Waals surface area contributed by atoms with Crippen molar-refractivity contribution in [3.8, 4) is 0 Å². The van der Waals surface area contributed by atoms with Crippen LogP contribution in [0.2, 0.25) is 0 Å². The first kappa shape index (κ1) is 16.5. The van der Waals surface area contributed by atoms with Gasteiger partial charge in [-0.2, -0.15) is 12.6 Å². The molecule has 0 atom stereocenters. The van der Waals surface area contributed by atoms with Crippen LogP contribution in [0.5, 0.6) is 0 Å². The van der Waals surface area contributed by atoms with Gasteiger partial charge < -0.3 is 5.73 Å². The highest BCUT2D eigenvalue weighted by Gasteiger charge is 2.03. The summed E-state index contributed by atoms with van der Waals surface area (Å²) in [4.78, 5) is 21.8. The molecule has 100 valence electrons. The van der Waals surface area contributed by atoms with E-state index in [9.17, 15) is 9.59 Å². The van der Waals surface area contributed by atoms with Crippen LogP contribution in [0.15, 0.2) is 0 Å². The summed E-state index contributed by atoms with van der Waals surface area (Å²) in [5, 5.41) is 0. The monoisotopic (exact) mass is 259 g/mol. The van der Waals surface area contributed by atoms with Crippen molar-refractivity contribution in [3.05, 3.63) is 0 Å². The normalized spacial score (nSPS) is 10.4. The molecule has 0 spiro atoms. The van der Waals surface area contributed by atoms with Crippen molar-refractivity contribution in [2.45, 2.75) is 64.2 Å². The van der Waals surface area contributed by atoms with Crippen LogP contribution in [0, 0.1) is 0 Å². The van der Waals surface area contributed by atoms with Gasteiger partial charge >= 0.3 is 0 Å². The minimum Gasteiger partial charge on any atom is -0.370 e. The Hall–Kier alpha value is -0.510. The quantitative estimate of drug-likeness (QED) is 0.418. The minimum absolute atomic E-state index is 0.166. The average molecular weight is 259 g/mol. The number of amides is 1. The lowest BCUT2D eigenvalue weighted by molar-refractivity contribution is -0.123. The Morgan fingerprint density at radius 2 is 1.29 bits per heavy atom. The van der Waals surface area contributed by atoms with E-state index in [4.69, 9.17) is 5.73 Å². The van der Waals surface area contributed by atoms with Crippen molar-refractivity contribution in [1.29, 1.82) is 0 Å². The van der Waals surface area contributed by atoms with E-state index in [1.54, 1.807) is 0 Å². The molecule has 0 saturated heterocycles. The summed E-state index contributed by atoms with van der Waals surface area (Å²) < 4.78 is 0. The number of carbonyl (C=O) groups excluding carboxylic acids is 2. The summed E-state index contributed by atoms with van der Waals surface area (Å²) in [7, 11) is 0. The van der Waals surface area contributed by atoms with Crippen molar-refractivity contribution in [1.82, 2.24) is 0 Å². The van der Waals surface area contributed by atoms with E-state index in [2.05, 4.69) is 12.6 Å². The van der Waals surface area contributed by atoms with Gasteiger partial charge in [-0.05, 0) is 18.6 Å². The standard InChI is InChI=1S/C13H25NO2S/c14-13(16)10-9-12(15)8-6-4-2-1-3-5-7-11-17/h17H,1-11H2,(H2,14,16). The molecule has 0 aliphatic rings. The summed E-state index contributed by atoms with van der Waals surface area (Å²) in [5.41, 5.74) is 4.98. The number of primary amides is 1. The highest BCUT2D eigenvalue weighted by atomic mass is 32.1. The first-order valence-corrected chi connectivity index (χ1v) is 7.21. The lowest BCUT2D eigenvalue weighted by atomic mass is 10.0. The summed E-state index contributed by atoms with van der Waals surface area (Å²) in [6.07, 6.45) is 9.38. The molecule has 0 aromatic carbocycles. The lowest BCUT2D eigenvalue weighted by Gasteiger charge is -2.01. The number of rotatable bonds is 12. The first-order valence-electron chi connectivity index (χ1n) is 6.57. The van der Waals surface area contributed by atoms with Gasteiger partial charge in [-0.1, -0.05) is 32.1 Å². The van der Waals surface area contributed by atoms with E-state index in [0.717, 1.165) is 18.6 Å². The number of thiol groups is 1. The van der Waals surface area contributed by atoms with Gasteiger partial charge in [0, 0.05) is 19.3 Å². The van der Waals surface area contributed by atoms with E-state index in [-0.39, 0.29) is 18.1 Å². The van der Waals surface area contributed by atoms with Gasteiger partial charge in [0.2, 0.25) is 5.91 Å². The first-order chi connectivity index (χ1) is 8.16. The van der Waals surface area contributed by atoms with Crippen molar-refractivity contribution in [3.63, 3.8) is 0 Å². The van der Waals surface area contributed by atoms with Gasteiger partial charge in [0.15, 0.2) is 0 Å². The fourth-order valence-electron chi connectivity index (χ4n) is 1.71. The molecule has 0 saturated carbocycles. The molecule has 0 aliphatic carbocycles. The predicted molar refractivity (Wildman–Crippen MR) is 74.2 cm³/mol. The fourth-order valence-corrected chi connectivity index (χ4v) is 1.93. The van der Waals surface area contributed by atoms with E-state index in [1.165, 1.54) is 32.1 Å². The van der Waals surface area contributed by atoms with Gasteiger partial charge in [0.25, 0.3) is 0 Å². The predicted octanol–water partition coefficient (Wildman–Crippen LogP) is 2.87. The molecule has 17 heavy (non-hydrogen) atoms. The zero-order valence-corrected chi connectivity index (χ0v) is 11.5. The van der Waals surface area contributed by atoms with Crippen LogP contribution in [-0.4, -0.2) is 17.4 Å². The Balaban J connectivity index is 3.16. The Labute approximate surface area is 110 Å². The minimum atomic E-state index is -0.387. The maximum Gasteiger partial charge on any atom is 0.217 e. The molecule has 4 heteroatoms. The van der Waals surface area contributed by atoms with E-state index in [0.29, 0.717) is 12.8 Å². The molecule has 0 bridgehead atoms. The molecule has 0 aromatic rings. The number of nitrogens with two attached hydrogens (primary N) is 1. The molecule has 0 aliphatic heterocycles. The zero-order valence-electron chi connectivity index (χ0n) is 10.6. The van der Waals surface area contributed by atoms with Gasteiger partial charge in [-0.25, -0.2) is 0 Å². The Morgan fingerprint density at radius 3 is 1.82 bits per heavy atom. The SMILES string of the molecule is NC(=O)CCC(=O)CCCCCCCCCS.